The fraction of sp³-hybridized carbons (Fsp3) is 0.412. The van der Waals surface area contributed by atoms with E-state index < -0.39 is 6.10 Å². The molecule has 1 atom stereocenters. The molecule has 6 heteroatoms. The molecule has 0 saturated carbocycles. The minimum atomic E-state index is -0.636. The fourth-order valence-electron chi connectivity index (χ4n) is 1.99. The Morgan fingerprint density at radius 1 is 1.39 bits per heavy atom. The number of carbonyl (C=O) groups excluding carboxylic acids is 1. The molecule has 0 bridgehead atoms. The number of hydrogen-bond acceptors (Lipinski definition) is 4. The van der Waals surface area contributed by atoms with Gasteiger partial charge in [0.25, 0.3) is 0 Å². The van der Waals surface area contributed by atoms with E-state index >= 15 is 0 Å². The lowest BCUT2D eigenvalue weighted by Gasteiger charge is -2.14. The summed E-state index contributed by atoms with van der Waals surface area (Å²) >= 11 is 0. The van der Waals surface area contributed by atoms with Crippen molar-refractivity contribution in [3.63, 3.8) is 0 Å². The average Bonchev–Trinajstić information content (AvgIpc) is 3.00. The SMILES string of the molecule is CC(C)C(O)CC(=O)Nc1cccc(OCCn2cccn2)c1. The number of nitrogens with one attached hydrogen (secondary N) is 1. The molecule has 0 spiro atoms. The summed E-state index contributed by atoms with van der Waals surface area (Å²) in [5, 5.41) is 16.6. The summed E-state index contributed by atoms with van der Waals surface area (Å²) in [4.78, 5) is 11.9. The first-order valence-corrected chi connectivity index (χ1v) is 7.73. The maximum absolute atomic E-state index is 11.9. The van der Waals surface area contributed by atoms with Gasteiger partial charge in [0, 0.05) is 24.1 Å². The van der Waals surface area contributed by atoms with Gasteiger partial charge in [-0.05, 0) is 24.1 Å². The first-order valence-electron chi connectivity index (χ1n) is 7.73. The predicted molar refractivity (Wildman–Crippen MR) is 88.3 cm³/mol. The number of aromatic nitrogens is 2. The highest BCUT2D eigenvalue weighted by molar-refractivity contribution is 5.91. The van der Waals surface area contributed by atoms with Crippen molar-refractivity contribution in [3.05, 3.63) is 42.7 Å². The monoisotopic (exact) mass is 317 g/mol. The molecule has 1 unspecified atom stereocenters. The second-order valence-corrected chi connectivity index (χ2v) is 5.71. The number of anilines is 1. The third-order valence-electron chi connectivity index (χ3n) is 3.43. The molecule has 1 amide bonds. The van der Waals surface area contributed by atoms with Gasteiger partial charge in [0.15, 0.2) is 0 Å². The Morgan fingerprint density at radius 2 is 2.22 bits per heavy atom. The number of ether oxygens (including phenoxy) is 1. The Kier molecular flexibility index (Phi) is 6.17. The van der Waals surface area contributed by atoms with Gasteiger partial charge in [0.2, 0.25) is 5.91 Å². The van der Waals surface area contributed by atoms with Crippen LogP contribution < -0.4 is 10.1 Å². The Morgan fingerprint density at radius 3 is 2.91 bits per heavy atom. The van der Waals surface area contributed by atoms with Gasteiger partial charge in [-0.25, -0.2) is 0 Å². The fourth-order valence-corrected chi connectivity index (χ4v) is 1.99. The lowest BCUT2D eigenvalue weighted by Crippen LogP contribution is -2.23. The van der Waals surface area contributed by atoms with E-state index in [0.29, 0.717) is 24.6 Å². The summed E-state index contributed by atoms with van der Waals surface area (Å²) in [6.07, 6.45) is 3.05. The molecule has 6 nitrogen and oxygen atoms in total. The van der Waals surface area contributed by atoms with Gasteiger partial charge in [-0.3, -0.25) is 9.48 Å². The van der Waals surface area contributed by atoms with Crippen molar-refractivity contribution in [2.24, 2.45) is 5.92 Å². The number of rotatable bonds is 8. The first kappa shape index (κ1) is 17.0. The highest BCUT2D eigenvalue weighted by Gasteiger charge is 2.14. The lowest BCUT2D eigenvalue weighted by atomic mass is 10.0. The third kappa shape index (κ3) is 5.75. The molecule has 0 fully saturated rings. The maximum Gasteiger partial charge on any atom is 0.226 e. The van der Waals surface area contributed by atoms with Crippen LogP contribution in [0, 0.1) is 5.92 Å². The number of benzene rings is 1. The van der Waals surface area contributed by atoms with E-state index in [1.54, 1.807) is 23.0 Å². The Hall–Kier alpha value is -2.34. The Bertz CT molecular complexity index is 611. The van der Waals surface area contributed by atoms with Crippen molar-refractivity contribution in [2.45, 2.75) is 32.9 Å². The molecule has 1 aromatic heterocycles. The summed E-state index contributed by atoms with van der Waals surface area (Å²) in [7, 11) is 0. The molecule has 1 heterocycles. The van der Waals surface area contributed by atoms with E-state index in [1.807, 2.05) is 38.2 Å². The van der Waals surface area contributed by atoms with E-state index in [1.165, 1.54) is 0 Å². The number of carbonyl (C=O) groups is 1. The van der Waals surface area contributed by atoms with Crippen LogP contribution in [0.2, 0.25) is 0 Å². The zero-order valence-electron chi connectivity index (χ0n) is 13.5. The van der Waals surface area contributed by atoms with Crippen LogP contribution in [-0.2, 0) is 11.3 Å². The second kappa shape index (κ2) is 8.33. The molecule has 0 aliphatic rings. The largest absolute Gasteiger partial charge is 0.492 e. The predicted octanol–water partition coefficient (Wildman–Crippen LogP) is 2.31. The highest BCUT2D eigenvalue weighted by Crippen LogP contribution is 2.18. The Balaban J connectivity index is 1.83. The van der Waals surface area contributed by atoms with E-state index in [-0.39, 0.29) is 18.2 Å². The van der Waals surface area contributed by atoms with Crippen LogP contribution in [0.15, 0.2) is 42.7 Å². The van der Waals surface area contributed by atoms with Crippen molar-refractivity contribution in [1.29, 1.82) is 0 Å². The summed E-state index contributed by atoms with van der Waals surface area (Å²) in [5.41, 5.74) is 0.655. The molecule has 23 heavy (non-hydrogen) atoms. The van der Waals surface area contributed by atoms with Crippen molar-refractivity contribution in [3.8, 4) is 5.75 Å². The average molecular weight is 317 g/mol. The van der Waals surface area contributed by atoms with Gasteiger partial charge in [-0.15, -0.1) is 0 Å². The lowest BCUT2D eigenvalue weighted by molar-refractivity contribution is -0.118. The van der Waals surface area contributed by atoms with Crippen molar-refractivity contribution >= 4 is 11.6 Å². The van der Waals surface area contributed by atoms with Gasteiger partial charge in [-0.2, -0.15) is 5.10 Å². The van der Waals surface area contributed by atoms with E-state index in [2.05, 4.69) is 10.4 Å². The summed E-state index contributed by atoms with van der Waals surface area (Å²) in [5.74, 6) is 0.525. The first-order chi connectivity index (χ1) is 11.0. The zero-order valence-corrected chi connectivity index (χ0v) is 13.5. The molecule has 0 radical (unpaired) electrons. The second-order valence-electron chi connectivity index (χ2n) is 5.71. The van der Waals surface area contributed by atoms with Crippen LogP contribution in [0.25, 0.3) is 0 Å². The van der Waals surface area contributed by atoms with Crippen molar-refractivity contribution < 1.29 is 14.6 Å². The molecule has 0 saturated heterocycles. The van der Waals surface area contributed by atoms with E-state index in [0.717, 1.165) is 0 Å². The number of nitrogens with zero attached hydrogens (tertiary/aromatic N) is 2. The Labute approximate surface area is 136 Å². The van der Waals surface area contributed by atoms with Crippen LogP contribution in [0.1, 0.15) is 20.3 Å². The van der Waals surface area contributed by atoms with Crippen molar-refractivity contribution in [1.82, 2.24) is 9.78 Å². The zero-order chi connectivity index (χ0) is 16.7. The van der Waals surface area contributed by atoms with Gasteiger partial charge >= 0.3 is 0 Å². The molecule has 0 aliphatic carbocycles. The molecule has 0 aliphatic heterocycles. The van der Waals surface area contributed by atoms with E-state index in [4.69, 9.17) is 4.74 Å². The summed E-state index contributed by atoms with van der Waals surface area (Å²) < 4.78 is 7.45. The summed E-state index contributed by atoms with van der Waals surface area (Å²) in [6.45, 7) is 4.91. The molecule has 124 valence electrons. The minimum Gasteiger partial charge on any atom is -0.492 e. The van der Waals surface area contributed by atoms with Crippen molar-refractivity contribution in [2.75, 3.05) is 11.9 Å². The molecule has 2 rings (SSSR count). The smallest absolute Gasteiger partial charge is 0.226 e. The number of aliphatic hydroxyl groups excluding tert-OH is 1. The quantitative estimate of drug-likeness (QED) is 0.783. The van der Waals surface area contributed by atoms with Crippen LogP contribution in [0.4, 0.5) is 5.69 Å². The van der Waals surface area contributed by atoms with Gasteiger partial charge in [0.05, 0.1) is 19.1 Å². The number of hydrogen-bond donors (Lipinski definition) is 2. The highest BCUT2D eigenvalue weighted by atomic mass is 16.5. The van der Waals surface area contributed by atoms with Gasteiger partial charge in [0.1, 0.15) is 12.4 Å². The molecule has 1 aromatic carbocycles. The summed E-state index contributed by atoms with van der Waals surface area (Å²) in [6, 6.07) is 9.07. The van der Waals surface area contributed by atoms with Crippen LogP contribution in [0.3, 0.4) is 0 Å². The normalized spacial score (nSPS) is 12.2. The van der Waals surface area contributed by atoms with Crippen LogP contribution in [0.5, 0.6) is 5.75 Å². The standard InChI is InChI=1S/C17H23N3O3/c1-13(2)16(21)12-17(22)19-14-5-3-6-15(11-14)23-10-9-20-8-4-7-18-20/h3-8,11,13,16,21H,9-10,12H2,1-2H3,(H,19,22). The molecule has 2 N–H and O–H groups in total. The van der Waals surface area contributed by atoms with Crippen LogP contribution >= 0.6 is 0 Å². The maximum atomic E-state index is 11.9. The number of aliphatic hydroxyl groups is 1. The molecule has 2 aromatic rings. The third-order valence-corrected chi connectivity index (χ3v) is 3.43. The number of amides is 1. The van der Waals surface area contributed by atoms with Gasteiger partial charge < -0.3 is 15.2 Å². The van der Waals surface area contributed by atoms with Crippen LogP contribution in [-0.4, -0.2) is 33.5 Å². The molecular formula is C17H23N3O3. The van der Waals surface area contributed by atoms with Gasteiger partial charge in [-0.1, -0.05) is 19.9 Å². The minimum absolute atomic E-state index is 0.0534. The molecular weight excluding hydrogens is 294 g/mol. The van der Waals surface area contributed by atoms with E-state index in [9.17, 15) is 9.90 Å². The topological polar surface area (TPSA) is 76.4 Å².